The first-order chi connectivity index (χ1) is 8.90. The Morgan fingerprint density at radius 2 is 2.06 bits per heavy atom. The number of benzene rings is 1. The van der Waals surface area contributed by atoms with E-state index in [0.29, 0.717) is 0 Å². The summed E-state index contributed by atoms with van der Waals surface area (Å²) in [5, 5.41) is 3.49. The molecule has 0 amide bonds. The van der Waals surface area contributed by atoms with E-state index in [1.165, 1.54) is 11.3 Å². The zero-order chi connectivity index (χ0) is 11.9. The van der Waals surface area contributed by atoms with E-state index in [1.807, 2.05) is 12.1 Å². The van der Waals surface area contributed by atoms with Gasteiger partial charge in [-0.1, -0.05) is 18.2 Å². The lowest BCUT2D eigenvalue weighted by Gasteiger charge is -2.06. The quantitative estimate of drug-likeness (QED) is 0.683. The van der Waals surface area contributed by atoms with Gasteiger partial charge in [0.05, 0.1) is 11.6 Å². The maximum absolute atomic E-state index is 4.55. The summed E-state index contributed by atoms with van der Waals surface area (Å²) < 4.78 is 0. The van der Waals surface area contributed by atoms with Crippen molar-refractivity contribution in [2.75, 3.05) is 5.32 Å². The van der Waals surface area contributed by atoms with E-state index in [2.05, 4.69) is 44.5 Å². The first-order valence-corrected chi connectivity index (χ1v) is 6.05. The lowest BCUT2D eigenvalue weighted by Crippen LogP contribution is -2.07. The van der Waals surface area contributed by atoms with Crippen LogP contribution in [-0.2, 0) is 6.42 Å². The minimum atomic E-state index is 0.219. The molecule has 0 spiro atoms. The zero-order valence-corrected chi connectivity index (χ0v) is 9.72. The van der Waals surface area contributed by atoms with Crippen LogP contribution in [-0.4, -0.2) is 15.0 Å². The Kier molecular flexibility index (Phi) is 1.91. The molecule has 1 aliphatic rings. The van der Waals surface area contributed by atoms with Crippen LogP contribution in [0.5, 0.6) is 0 Å². The van der Waals surface area contributed by atoms with Crippen molar-refractivity contribution >= 4 is 16.9 Å². The van der Waals surface area contributed by atoms with E-state index < -0.39 is 0 Å². The highest BCUT2D eigenvalue weighted by atomic mass is 15.1. The number of hydrogen-bond acceptors (Lipinski definition) is 3. The lowest BCUT2D eigenvalue weighted by atomic mass is 10.1. The van der Waals surface area contributed by atoms with E-state index in [0.717, 1.165) is 23.4 Å². The van der Waals surface area contributed by atoms with Crippen LogP contribution in [0, 0.1) is 0 Å². The van der Waals surface area contributed by atoms with Crippen molar-refractivity contribution < 1.29 is 0 Å². The van der Waals surface area contributed by atoms with Gasteiger partial charge in [-0.05, 0) is 23.8 Å². The van der Waals surface area contributed by atoms with Gasteiger partial charge in [0.1, 0.15) is 5.82 Å². The van der Waals surface area contributed by atoms with Crippen LogP contribution in [0.2, 0.25) is 0 Å². The van der Waals surface area contributed by atoms with E-state index in [1.54, 1.807) is 6.20 Å². The number of rotatable bonds is 1. The molecule has 18 heavy (non-hydrogen) atoms. The molecule has 1 unspecified atom stereocenters. The number of hydrogen-bond donors (Lipinski definition) is 2. The Bertz CT molecular complexity index is 658. The molecule has 0 saturated heterocycles. The van der Waals surface area contributed by atoms with Gasteiger partial charge in [-0.15, -0.1) is 0 Å². The van der Waals surface area contributed by atoms with Gasteiger partial charge in [-0.2, -0.15) is 0 Å². The summed E-state index contributed by atoms with van der Waals surface area (Å²) in [6.45, 7) is 0. The molecule has 1 aliphatic heterocycles. The number of anilines is 1. The smallest absolute Gasteiger partial charge is 0.177 e. The third kappa shape index (κ3) is 1.39. The van der Waals surface area contributed by atoms with Crippen molar-refractivity contribution in [2.45, 2.75) is 12.5 Å². The summed E-state index contributed by atoms with van der Waals surface area (Å²) >= 11 is 0. The Labute approximate surface area is 104 Å². The zero-order valence-electron chi connectivity index (χ0n) is 9.72. The third-order valence-electron chi connectivity index (χ3n) is 3.38. The number of H-pyrrole nitrogens is 1. The Balaban J connectivity index is 1.73. The van der Waals surface area contributed by atoms with Crippen LogP contribution in [0.15, 0.2) is 42.6 Å². The number of nitrogens with zero attached hydrogens (tertiary/aromatic N) is 2. The molecule has 0 aliphatic carbocycles. The Morgan fingerprint density at radius 3 is 2.94 bits per heavy atom. The van der Waals surface area contributed by atoms with Crippen LogP contribution in [0.3, 0.4) is 0 Å². The molecule has 2 aromatic heterocycles. The summed E-state index contributed by atoms with van der Waals surface area (Å²) in [4.78, 5) is 12.1. The van der Waals surface area contributed by atoms with Crippen molar-refractivity contribution in [2.24, 2.45) is 0 Å². The number of imidazole rings is 1. The highest BCUT2D eigenvalue weighted by molar-refractivity contribution is 5.70. The second-order valence-corrected chi connectivity index (χ2v) is 4.55. The predicted octanol–water partition coefficient (Wildman–Crippen LogP) is 2.67. The summed E-state index contributed by atoms with van der Waals surface area (Å²) in [5.74, 6) is 0.958. The van der Waals surface area contributed by atoms with Gasteiger partial charge in [-0.3, -0.25) is 0 Å². The number of para-hydroxylation sites is 1. The lowest BCUT2D eigenvalue weighted by molar-refractivity contribution is 0.767. The van der Waals surface area contributed by atoms with Gasteiger partial charge in [0.2, 0.25) is 0 Å². The molecule has 0 fully saturated rings. The maximum Gasteiger partial charge on any atom is 0.177 e. The summed E-state index contributed by atoms with van der Waals surface area (Å²) in [6, 6.07) is 12.5. The van der Waals surface area contributed by atoms with Gasteiger partial charge < -0.3 is 10.3 Å². The van der Waals surface area contributed by atoms with E-state index >= 15 is 0 Å². The molecule has 3 heterocycles. The van der Waals surface area contributed by atoms with Crippen LogP contribution in [0.4, 0.5) is 5.69 Å². The fourth-order valence-electron chi connectivity index (χ4n) is 2.49. The van der Waals surface area contributed by atoms with E-state index in [4.69, 9.17) is 0 Å². The molecule has 4 heteroatoms. The molecule has 4 nitrogen and oxygen atoms in total. The second kappa shape index (κ2) is 3.57. The molecule has 0 radical (unpaired) electrons. The maximum atomic E-state index is 4.55. The second-order valence-electron chi connectivity index (χ2n) is 4.55. The van der Waals surface area contributed by atoms with Gasteiger partial charge in [0.25, 0.3) is 0 Å². The number of pyridine rings is 1. The van der Waals surface area contributed by atoms with Crippen LogP contribution < -0.4 is 5.32 Å². The Hall–Kier alpha value is -2.36. The van der Waals surface area contributed by atoms with Gasteiger partial charge >= 0.3 is 0 Å². The van der Waals surface area contributed by atoms with Gasteiger partial charge in [0, 0.05) is 18.3 Å². The molecule has 88 valence electrons. The normalized spacial score (nSPS) is 17.7. The summed E-state index contributed by atoms with van der Waals surface area (Å²) in [5.41, 5.74) is 4.32. The van der Waals surface area contributed by atoms with Crippen molar-refractivity contribution in [3.63, 3.8) is 0 Å². The molecule has 1 aromatic carbocycles. The van der Waals surface area contributed by atoms with Crippen molar-refractivity contribution in [1.29, 1.82) is 0 Å². The molecule has 4 rings (SSSR count). The largest absolute Gasteiger partial charge is 0.375 e. The summed E-state index contributed by atoms with van der Waals surface area (Å²) in [7, 11) is 0. The highest BCUT2D eigenvalue weighted by Gasteiger charge is 2.24. The minimum absolute atomic E-state index is 0.219. The molecule has 2 N–H and O–H groups in total. The standard InChI is InChI=1S/C14H12N4/c1-2-5-10-9(4-1)8-12(16-10)14-17-11-6-3-7-15-13(11)18-14/h1-7,12,16H,8H2,(H,15,17,18). The minimum Gasteiger partial charge on any atom is -0.375 e. The van der Waals surface area contributed by atoms with Gasteiger partial charge in [0.15, 0.2) is 5.65 Å². The highest BCUT2D eigenvalue weighted by Crippen LogP contribution is 2.33. The average molecular weight is 236 g/mol. The molecule has 0 saturated carbocycles. The average Bonchev–Trinajstić information content (AvgIpc) is 3.02. The van der Waals surface area contributed by atoms with Crippen LogP contribution in [0.1, 0.15) is 17.4 Å². The molecule has 3 aromatic rings. The third-order valence-corrected chi connectivity index (χ3v) is 3.38. The molecule has 0 bridgehead atoms. The van der Waals surface area contributed by atoms with Crippen LogP contribution >= 0.6 is 0 Å². The fourth-order valence-corrected chi connectivity index (χ4v) is 2.49. The first kappa shape index (κ1) is 9.65. The molecular formula is C14H12N4. The van der Waals surface area contributed by atoms with Gasteiger partial charge in [-0.25, -0.2) is 9.97 Å². The van der Waals surface area contributed by atoms with E-state index in [-0.39, 0.29) is 6.04 Å². The molecule has 1 atom stereocenters. The van der Waals surface area contributed by atoms with Crippen molar-refractivity contribution in [1.82, 2.24) is 15.0 Å². The predicted molar refractivity (Wildman–Crippen MR) is 70.4 cm³/mol. The van der Waals surface area contributed by atoms with E-state index in [9.17, 15) is 0 Å². The number of aromatic amines is 1. The topological polar surface area (TPSA) is 53.6 Å². The van der Waals surface area contributed by atoms with Crippen molar-refractivity contribution in [3.05, 3.63) is 54.0 Å². The SMILES string of the molecule is c1ccc2c(c1)CC(c1nc3ncccc3[nH]1)N2. The number of aromatic nitrogens is 3. The first-order valence-electron chi connectivity index (χ1n) is 6.05. The summed E-state index contributed by atoms with van der Waals surface area (Å²) in [6.07, 6.45) is 2.74. The number of fused-ring (bicyclic) bond motifs is 2. The van der Waals surface area contributed by atoms with Crippen molar-refractivity contribution in [3.8, 4) is 0 Å². The number of nitrogens with one attached hydrogen (secondary N) is 2. The molecular weight excluding hydrogens is 224 g/mol. The fraction of sp³-hybridized carbons (Fsp3) is 0.143. The van der Waals surface area contributed by atoms with Crippen LogP contribution in [0.25, 0.3) is 11.2 Å². The Morgan fingerprint density at radius 1 is 1.11 bits per heavy atom. The monoisotopic (exact) mass is 236 g/mol.